The van der Waals surface area contributed by atoms with E-state index in [0.29, 0.717) is 22.3 Å². The van der Waals surface area contributed by atoms with Crippen LogP contribution in [-0.2, 0) is 25.5 Å². The molecule has 0 radical (unpaired) electrons. The minimum atomic E-state index is -1.75. The number of fused-ring (bicyclic) bond motifs is 7. The third-order valence-electron chi connectivity index (χ3n) is 8.18. The fourth-order valence-corrected chi connectivity index (χ4v) is 6.62. The summed E-state index contributed by atoms with van der Waals surface area (Å²) in [6, 6.07) is 30.5. The van der Waals surface area contributed by atoms with Crippen molar-refractivity contribution in [1.29, 1.82) is 0 Å². The highest BCUT2D eigenvalue weighted by Crippen LogP contribution is 2.66. The molecule has 7 rings (SSSR count). The molecule has 0 unspecified atom stereocenters. The Morgan fingerprint density at radius 1 is 0.667 bits per heavy atom. The maximum Gasteiger partial charge on any atom is 0.241 e. The van der Waals surface area contributed by atoms with Gasteiger partial charge in [-0.15, -0.1) is 0 Å². The topological polar surface area (TPSA) is 104 Å². The normalized spacial score (nSPS) is 26.9. The zero-order valence-corrected chi connectivity index (χ0v) is 20.4. The number of ether oxygens (including phenoxy) is 1. The van der Waals surface area contributed by atoms with Crippen molar-refractivity contribution in [2.24, 2.45) is 11.8 Å². The molecule has 2 amide bonds. The van der Waals surface area contributed by atoms with Gasteiger partial charge in [-0.05, 0) is 28.8 Å². The monoisotopic (exact) mass is 514 g/mol. The number of carbonyl (C=O) groups is 4. The molecule has 0 spiro atoms. The Morgan fingerprint density at radius 2 is 1.18 bits per heavy atom. The molecule has 4 atom stereocenters. The van der Waals surface area contributed by atoms with Gasteiger partial charge < -0.3 is 14.6 Å². The first-order valence-electron chi connectivity index (χ1n) is 12.6. The zero-order chi connectivity index (χ0) is 26.9. The van der Waals surface area contributed by atoms with Gasteiger partial charge in [-0.2, -0.15) is 0 Å². The summed E-state index contributed by atoms with van der Waals surface area (Å²) in [7, 11) is 0. The van der Waals surface area contributed by atoms with E-state index >= 15 is 0 Å². The lowest BCUT2D eigenvalue weighted by molar-refractivity contribution is -0.255. The number of ketones is 1. The van der Waals surface area contributed by atoms with Crippen LogP contribution in [-0.4, -0.2) is 23.6 Å². The molecule has 2 bridgehead atoms. The van der Waals surface area contributed by atoms with Crippen LogP contribution in [0.25, 0.3) is 0 Å². The van der Waals surface area contributed by atoms with Crippen molar-refractivity contribution in [3.05, 3.63) is 137 Å². The first-order chi connectivity index (χ1) is 18.9. The number of rotatable bonds is 4. The van der Waals surface area contributed by atoms with Crippen LogP contribution in [0.5, 0.6) is 0 Å². The van der Waals surface area contributed by atoms with Gasteiger partial charge in [-0.1, -0.05) is 97.1 Å². The number of nitrogens with zero attached hydrogens (tertiary/aromatic N) is 1. The van der Waals surface area contributed by atoms with E-state index in [1.165, 1.54) is 24.3 Å². The highest BCUT2D eigenvalue weighted by Gasteiger charge is 2.78. The van der Waals surface area contributed by atoms with Crippen LogP contribution < -0.4 is 10.0 Å². The molecule has 3 aliphatic rings. The van der Waals surface area contributed by atoms with Crippen LogP contribution in [0, 0.1) is 11.8 Å². The molecule has 0 aliphatic carbocycles. The molecule has 0 N–H and O–H groups in total. The van der Waals surface area contributed by atoms with Gasteiger partial charge in [0.15, 0.2) is 5.60 Å². The van der Waals surface area contributed by atoms with Gasteiger partial charge in [0.1, 0.15) is 5.60 Å². The summed E-state index contributed by atoms with van der Waals surface area (Å²) in [5, 5.41) is 11.3. The van der Waals surface area contributed by atoms with Gasteiger partial charge in [0.05, 0.1) is 23.5 Å². The average Bonchev–Trinajstić information content (AvgIpc) is 3.43. The fraction of sp³-hybridized carbons (Fsp3) is 0.125. The van der Waals surface area contributed by atoms with E-state index in [1.807, 2.05) is 36.4 Å². The molecular formula is C32H20NO6-. The van der Waals surface area contributed by atoms with Gasteiger partial charge >= 0.3 is 0 Å². The Morgan fingerprint density at radius 3 is 1.77 bits per heavy atom. The molecule has 0 aromatic heterocycles. The molecule has 3 heterocycles. The average molecular weight is 515 g/mol. The summed E-state index contributed by atoms with van der Waals surface area (Å²) in [5.41, 5.74) is -0.924. The second-order valence-electron chi connectivity index (χ2n) is 9.98. The van der Waals surface area contributed by atoms with Crippen molar-refractivity contribution in [3.8, 4) is 0 Å². The smallest absolute Gasteiger partial charge is 0.241 e. The second-order valence-corrected chi connectivity index (χ2v) is 9.98. The minimum Gasteiger partial charge on any atom is -0.545 e. The molecular weight excluding hydrogens is 494 g/mol. The molecule has 2 saturated heterocycles. The van der Waals surface area contributed by atoms with Crippen molar-refractivity contribution < 1.29 is 29.0 Å². The zero-order valence-electron chi connectivity index (χ0n) is 20.4. The third-order valence-corrected chi connectivity index (χ3v) is 8.18. The maximum absolute atomic E-state index is 14.4. The van der Waals surface area contributed by atoms with Crippen LogP contribution in [0.4, 0.5) is 5.69 Å². The lowest BCUT2D eigenvalue weighted by Gasteiger charge is -2.43. The van der Waals surface area contributed by atoms with E-state index < -0.39 is 40.8 Å². The van der Waals surface area contributed by atoms with Crippen molar-refractivity contribution in [2.75, 3.05) is 4.90 Å². The van der Waals surface area contributed by atoms with Gasteiger partial charge in [0, 0.05) is 11.1 Å². The number of carboxylic acids is 1. The lowest BCUT2D eigenvalue weighted by atomic mass is 9.72. The predicted molar refractivity (Wildman–Crippen MR) is 137 cm³/mol. The van der Waals surface area contributed by atoms with Crippen molar-refractivity contribution >= 4 is 29.3 Å². The van der Waals surface area contributed by atoms with E-state index in [-0.39, 0.29) is 17.0 Å². The first kappa shape index (κ1) is 23.3. The van der Waals surface area contributed by atoms with Crippen LogP contribution in [0.15, 0.2) is 109 Å². The van der Waals surface area contributed by atoms with Crippen LogP contribution in [0.3, 0.4) is 0 Å². The molecule has 2 fully saturated rings. The number of imide groups is 1. The van der Waals surface area contributed by atoms with E-state index in [0.717, 1.165) is 4.90 Å². The molecule has 4 aromatic rings. The number of hydrogen-bond donors (Lipinski definition) is 0. The van der Waals surface area contributed by atoms with Gasteiger partial charge in [-0.3, -0.25) is 14.4 Å². The van der Waals surface area contributed by atoms with Crippen LogP contribution >= 0.6 is 0 Å². The molecule has 0 saturated carbocycles. The maximum atomic E-state index is 14.4. The van der Waals surface area contributed by atoms with Crippen molar-refractivity contribution in [3.63, 3.8) is 0 Å². The number of hydrogen-bond acceptors (Lipinski definition) is 6. The van der Waals surface area contributed by atoms with E-state index in [2.05, 4.69) is 0 Å². The number of carbonyl (C=O) groups excluding carboxylic acids is 4. The standard InChI is InChI=1S/C32H21NO6/c34-27-23-13-7-8-14-24(23)31(20-9-3-1-4-10-20)25-26(32(27,39-31)21-11-5-2-6-12-21)29(36)33(28(25)35)22-17-15-19(16-18-22)30(37)38/h1-18,25-26H,(H,37,38)/p-1/t25-,26-,31+,32+/m1/s1. The minimum absolute atomic E-state index is 0.0798. The lowest BCUT2D eigenvalue weighted by Crippen LogP contribution is -2.51. The number of aromatic carboxylic acids is 1. The summed E-state index contributed by atoms with van der Waals surface area (Å²) >= 11 is 0. The van der Waals surface area contributed by atoms with E-state index in [1.54, 1.807) is 48.5 Å². The highest BCUT2D eigenvalue weighted by atomic mass is 16.5. The molecule has 7 heteroatoms. The molecule has 39 heavy (non-hydrogen) atoms. The SMILES string of the molecule is O=C([O-])c1ccc(N2C(=O)[C@H]3[C@H](C2=O)[C@]2(c4ccccc4)O[C@@]3(c3ccccc3)c3ccccc3C2=O)cc1. The Kier molecular flexibility index (Phi) is 4.80. The summed E-state index contributed by atoms with van der Waals surface area (Å²) in [5.74, 6) is -5.05. The molecule has 7 nitrogen and oxygen atoms in total. The van der Waals surface area contributed by atoms with Crippen molar-refractivity contribution in [2.45, 2.75) is 11.2 Å². The Balaban J connectivity index is 1.53. The van der Waals surface area contributed by atoms with Crippen LogP contribution in [0.1, 0.15) is 37.4 Å². The van der Waals surface area contributed by atoms with Crippen LogP contribution in [0.2, 0.25) is 0 Å². The summed E-state index contributed by atoms with van der Waals surface area (Å²) in [6.07, 6.45) is 0. The Hall–Kier alpha value is -4.88. The van der Waals surface area contributed by atoms with Crippen molar-refractivity contribution in [1.82, 2.24) is 0 Å². The number of amides is 2. The summed E-state index contributed by atoms with van der Waals surface area (Å²) in [4.78, 5) is 55.6. The third kappa shape index (κ3) is 2.85. The predicted octanol–water partition coefficient (Wildman–Crippen LogP) is 3.22. The summed E-state index contributed by atoms with van der Waals surface area (Å²) in [6.45, 7) is 0. The van der Waals surface area contributed by atoms with Gasteiger partial charge in [0.25, 0.3) is 0 Å². The number of benzene rings is 4. The first-order valence-corrected chi connectivity index (χ1v) is 12.6. The quantitative estimate of drug-likeness (QED) is 0.388. The fourth-order valence-electron chi connectivity index (χ4n) is 6.62. The molecule has 190 valence electrons. The number of carboxylic acid groups (broad SMARTS) is 1. The number of anilines is 1. The Bertz CT molecular complexity index is 1680. The Labute approximate surface area is 223 Å². The molecule has 4 aromatic carbocycles. The largest absolute Gasteiger partial charge is 0.545 e. The second kappa shape index (κ2) is 8.06. The number of Topliss-reactive ketones (excluding diaryl/α,β-unsaturated/α-hetero) is 1. The van der Waals surface area contributed by atoms with Gasteiger partial charge in [0.2, 0.25) is 17.6 Å². The van der Waals surface area contributed by atoms with E-state index in [9.17, 15) is 24.3 Å². The van der Waals surface area contributed by atoms with Gasteiger partial charge in [-0.25, -0.2) is 4.90 Å². The van der Waals surface area contributed by atoms with E-state index in [4.69, 9.17) is 4.74 Å². The summed E-state index contributed by atoms with van der Waals surface area (Å²) < 4.78 is 6.92. The highest BCUT2D eigenvalue weighted by molar-refractivity contribution is 6.26. The molecule has 3 aliphatic heterocycles.